The van der Waals surface area contributed by atoms with Gasteiger partial charge in [0.25, 0.3) is 0 Å². The molecule has 0 bridgehead atoms. The van der Waals surface area contributed by atoms with Gasteiger partial charge in [0.1, 0.15) is 19.0 Å². The molecule has 1 heterocycles. The zero-order valence-corrected chi connectivity index (χ0v) is 8.71. The fourth-order valence-electron chi connectivity index (χ4n) is 1.77. The van der Waals surface area contributed by atoms with Crippen LogP contribution in [0.2, 0.25) is 0 Å². The predicted molar refractivity (Wildman–Crippen MR) is 57.8 cm³/mol. The van der Waals surface area contributed by atoms with Crippen LogP contribution in [-0.2, 0) is 6.67 Å². The van der Waals surface area contributed by atoms with E-state index in [1.165, 1.54) is 12.8 Å². The van der Waals surface area contributed by atoms with Gasteiger partial charge in [0.15, 0.2) is 0 Å². The molecule has 0 radical (unpaired) electrons. The highest BCUT2D eigenvalue weighted by Crippen LogP contribution is 2.14. The minimum atomic E-state index is -0.412. The molecule has 82 valence electrons. The van der Waals surface area contributed by atoms with Crippen molar-refractivity contribution in [3.8, 4) is 5.75 Å². The lowest BCUT2D eigenvalue weighted by Crippen LogP contribution is -2.28. The molecule has 0 saturated carbocycles. The number of hydrogen-bond acceptors (Lipinski definition) is 2. The van der Waals surface area contributed by atoms with Crippen LogP contribution in [0.5, 0.6) is 5.75 Å². The van der Waals surface area contributed by atoms with E-state index < -0.39 is 6.67 Å². The van der Waals surface area contributed by atoms with Gasteiger partial charge >= 0.3 is 0 Å². The normalized spacial score (nSPS) is 20.5. The molecule has 2 nitrogen and oxygen atoms in total. The van der Waals surface area contributed by atoms with Gasteiger partial charge in [-0.15, -0.1) is 0 Å². The summed E-state index contributed by atoms with van der Waals surface area (Å²) < 4.78 is 17.8. The largest absolute Gasteiger partial charge is 0.492 e. The molecule has 1 aliphatic rings. The molecule has 1 unspecified atom stereocenters. The Bertz CT molecular complexity index is 293. The average molecular weight is 209 g/mol. The van der Waals surface area contributed by atoms with Gasteiger partial charge in [0.2, 0.25) is 0 Å². The summed E-state index contributed by atoms with van der Waals surface area (Å²) in [6.45, 7) is 1.38. The van der Waals surface area contributed by atoms with Crippen LogP contribution in [0.15, 0.2) is 24.3 Å². The second-order valence-corrected chi connectivity index (χ2v) is 3.88. The third-order valence-electron chi connectivity index (χ3n) is 2.69. The number of nitrogens with one attached hydrogen (secondary N) is 1. The van der Waals surface area contributed by atoms with E-state index in [2.05, 4.69) is 5.32 Å². The molecule has 3 heteroatoms. The van der Waals surface area contributed by atoms with Crippen LogP contribution in [0.25, 0.3) is 0 Å². The second-order valence-electron chi connectivity index (χ2n) is 3.88. The monoisotopic (exact) mass is 209 g/mol. The van der Waals surface area contributed by atoms with Crippen molar-refractivity contribution < 1.29 is 9.13 Å². The molecular weight excluding hydrogens is 193 g/mol. The van der Waals surface area contributed by atoms with Gasteiger partial charge in [0, 0.05) is 6.04 Å². The van der Waals surface area contributed by atoms with Crippen molar-refractivity contribution in [1.82, 2.24) is 5.32 Å². The van der Waals surface area contributed by atoms with Crippen LogP contribution in [0.4, 0.5) is 4.39 Å². The van der Waals surface area contributed by atoms with E-state index in [1.807, 2.05) is 12.1 Å². The molecule has 15 heavy (non-hydrogen) atoms. The highest BCUT2D eigenvalue weighted by Gasteiger charge is 2.14. The van der Waals surface area contributed by atoms with Crippen LogP contribution in [0.3, 0.4) is 0 Å². The highest BCUT2D eigenvalue weighted by molar-refractivity contribution is 5.26. The highest BCUT2D eigenvalue weighted by atomic mass is 19.1. The number of rotatable bonds is 4. The first-order valence-corrected chi connectivity index (χ1v) is 5.39. The molecule has 0 amide bonds. The van der Waals surface area contributed by atoms with Crippen LogP contribution in [-0.4, -0.2) is 19.2 Å². The van der Waals surface area contributed by atoms with Gasteiger partial charge in [-0.2, -0.15) is 0 Å². The number of alkyl halides is 1. The minimum absolute atomic E-state index is 0.412. The Balaban J connectivity index is 1.82. The zero-order valence-electron chi connectivity index (χ0n) is 8.71. The van der Waals surface area contributed by atoms with Crippen molar-refractivity contribution in [2.75, 3.05) is 13.2 Å². The van der Waals surface area contributed by atoms with Crippen LogP contribution in [0.1, 0.15) is 18.4 Å². The van der Waals surface area contributed by atoms with Crippen molar-refractivity contribution in [1.29, 1.82) is 0 Å². The van der Waals surface area contributed by atoms with Crippen molar-refractivity contribution in [3.63, 3.8) is 0 Å². The van der Waals surface area contributed by atoms with Crippen molar-refractivity contribution >= 4 is 0 Å². The molecule has 0 spiro atoms. The van der Waals surface area contributed by atoms with Crippen LogP contribution < -0.4 is 10.1 Å². The Hall–Kier alpha value is -1.09. The fraction of sp³-hybridized carbons (Fsp3) is 0.500. The Morgan fingerprint density at radius 2 is 2.13 bits per heavy atom. The van der Waals surface area contributed by atoms with E-state index in [4.69, 9.17) is 4.74 Å². The van der Waals surface area contributed by atoms with E-state index >= 15 is 0 Å². The summed E-state index contributed by atoms with van der Waals surface area (Å²) in [7, 11) is 0. The van der Waals surface area contributed by atoms with Crippen molar-refractivity contribution in [2.24, 2.45) is 0 Å². The maximum atomic E-state index is 12.2. The summed E-state index contributed by atoms with van der Waals surface area (Å²) in [4.78, 5) is 0. The topological polar surface area (TPSA) is 21.3 Å². The Morgan fingerprint density at radius 3 is 2.73 bits per heavy atom. The molecule has 1 aliphatic heterocycles. The maximum absolute atomic E-state index is 12.2. The molecule has 1 aromatic rings. The molecule has 1 atom stereocenters. The van der Waals surface area contributed by atoms with Crippen LogP contribution >= 0.6 is 0 Å². The first-order chi connectivity index (χ1) is 7.38. The summed E-state index contributed by atoms with van der Waals surface area (Å²) in [5.41, 5.74) is 0.696. The number of halogens is 1. The summed E-state index contributed by atoms with van der Waals surface area (Å²) >= 11 is 0. The third kappa shape index (κ3) is 2.93. The van der Waals surface area contributed by atoms with Gasteiger partial charge in [-0.25, -0.2) is 4.39 Å². The lowest BCUT2D eigenvalue weighted by Gasteiger charge is -2.12. The van der Waals surface area contributed by atoms with Gasteiger partial charge in [-0.3, -0.25) is 0 Å². The molecule has 1 fully saturated rings. The van der Waals surface area contributed by atoms with E-state index in [0.717, 1.165) is 12.3 Å². The van der Waals surface area contributed by atoms with E-state index in [1.54, 1.807) is 12.1 Å². The minimum Gasteiger partial charge on any atom is -0.492 e. The molecule has 0 aromatic heterocycles. The Morgan fingerprint density at radius 1 is 1.33 bits per heavy atom. The standard InChI is InChI=1S/C12H16FNO/c13-8-10-3-5-12(6-4-10)15-9-11-2-1-7-14-11/h3-6,11,14H,1-2,7-9H2. The van der Waals surface area contributed by atoms with Crippen LogP contribution in [0, 0.1) is 0 Å². The van der Waals surface area contributed by atoms with Gasteiger partial charge < -0.3 is 10.1 Å². The molecule has 1 saturated heterocycles. The fourth-order valence-corrected chi connectivity index (χ4v) is 1.77. The average Bonchev–Trinajstić information content (AvgIpc) is 2.80. The molecule has 1 aromatic carbocycles. The summed E-state index contributed by atoms with van der Waals surface area (Å²) in [6, 6.07) is 7.65. The second kappa shape index (κ2) is 5.12. The summed E-state index contributed by atoms with van der Waals surface area (Å²) in [5.74, 6) is 0.820. The van der Waals surface area contributed by atoms with Gasteiger partial charge in [-0.1, -0.05) is 12.1 Å². The van der Waals surface area contributed by atoms with Gasteiger partial charge in [-0.05, 0) is 37.1 Å². The quantitative estimate of drug-likeness (QED) is 0.821. The maximum Gasteiger partial charge on any atom is 0.119 e. The molecule has 0 aliphatic carbocycles. The van der Waals surface area contributed by atoms with E-state index in [-0.39, 0.29) is 0 Å². The number of benzene rings is 1. The first-order valence-electron chi connectivity index (χ1n) is 5.39. The molecule has 1 N–H and O–H groups in total. The lowest BCUT2D eigenvalue weighted by atomic mass is 10.2. The zero-order chi connectivity index (χ0) is 10.5. The molecule has 2 rings (SSSR count). The van der Waals surface area contributed by atoms with E-state index in [9.17, 15) is 4.39 Å². The van der Waals surface area contributed by atoms with Crippen molar-refractivity contribution in [3.05, 3.63) is 29.8 Å². The Kier molecular flexibility index (Phi) is 3.56. The summed E-state index contributed by atoms with van der Waals surface area (Å²) in [5, 5.41) is 3.36. The van der Waals surface area contributed by atoms with E-state index in [0.29, 0.717) is 18.2 Å². The SMILES string of the molecule is FCc1ccc(OCC2CCCN2)cc1. The molecular formula is C12H16FNO. The first kappa shape index (κ1) is 10.4. The smallest absolute Gasteiger partial charge is 0.119 e. The summed E-state index contributed by atoms with van der Waals surface area (Å²) in [6.07, 6.45) is 2.41. The third-order valence-corrected chi connectivity index (χ3v) is 2.69. The lowest BCUT2D eigenvalue weighted by molar-refractivity contribution is 0.277. The van der Waals surface area contributed by atoms with Crippen molar-refractivity contribution in [2.45, 2.75) is 25.6 Å². The number of hydrogen-bond donors (Lipinski definition) is 1. The Labute approximate surface area is 89.4 Å². The predicted octanol–water partition coefficient (Wildman–Crippen LogP) is 2.29. The number of ether oxygens (including phenoxy) is 1. The van der Waals surface area contributed by atoms with Gasteiger partial charge in [0.05, 0.1) is 0 Å².